The zero-order chi connectivity index (χ0) is 14.6. The van der Waals surface area contributed by atoms with Gasteiger partial charge in [0.2, 0.25) is 15.9 Å². The third-order valence-electron chi connectivity index (χ3n) is 2.55. The summed E-state index contributed by atoms with van der Waals surface area (Å²) in [6.45, 7) is 3.03. The quantitative estimate of drug-likeness (QED) is 0.805. The van der Waals surface area contributed by atoms with Gasteiger partial charge in [0, 0.05) is 11.9 Å². The molecule has 1 amide bonds. The molecule has 0 fully saturated rings. The Labute approximate surface area is 118 Å². The minimum absolute atomic E-state index is 0.112. The van der Waals surface area contributed by atoms with Gasteiger partial charge in [-0.3, -0.25) is 4.79 Å². The van der Waals surface area contributed by atoms with Crippen LogP contribution in [-0.4, -0.2) is 31.2 Å². The summed E-state index contributed by atoms with van der Waals surface area (Å²) >= 11 is 5.69. The highest BCUT2D eigenvalue weighted by molar-refractivity contribution is 7.89. The number of hydrogen-bond acceptors (Lipinski definition) is 3. The molecule has 7 heteroatoms. The van der Waals surface area contributed by atoms with Crippen molar-refractivity contribution >= 4 is 27.5 Å². The van der Waals surface area contributed by atoms with E-state index in [2.05, 4.69) is 0 Å². The van der Waals surface area contributed by atoms with Crippen LogP contribution in [0.25, 0.3) is 0 Å². The molecular weight excluding hydrogens is 288 g/mol. The Balaban J connectivity index is 3.22. The standard InChI is InChI=1S/C12H17ClN2O3S/c1-9(2)15(8-12(14)16)19(17,18)11-5-3-4-10(6-11)7-13/h3-6,9H,7-8H2,1-2H3,(H2,14,16). The van der Waals surface area contributed by atoms with Crippen molar-refractivity contribution in [2.75, 3.05) is 6.54 Å². The summed E-state index contributed by atoms with van der Waals surface area (Å²) in [6.07, 6.45) is 0. The van der Waals surface area contributed by atoms with E-state index in [0.717, 1.165) is 4.31 Å². The predicted molar refractivity (Wildman–Crippen MR) is 74.2 cm³/mol. The Morgan fingerprint density at radius 1 is 1.42 bits per heavy atom. The summed E-state index contributed by atoms with van der Waals surface area (Å²) in [5.74, 6) is -0.466. The maximum absolute atomic E-state index is 12.5. The highest BCUT2D eigenvalue weighted by Crippen LogP contribution is 2.19. The van der Waals surface area contributed by atoms with Crippen LogP contribution < -0.4 is 5.73 Å². The number of primary amides is 1. The molecule has 0 radical (unpaired) electrons. The highest BCUT2D eigenvalue weighted by atomic mass is 35.5. The topological polar surface area (TPSA) is 80.5 Å². The highest BCUT2D eigenvalue weighted by Gasteiger charge is 2.28. The normalized spacial score (nSPS) is 12.1. The molecule has 0 aliphatic heterocycles. The van der Waals surface area contributed by atoms with E-state index in [1.165, 1.54) is 12.1 Å². The Morgan fingerprint density at radius 2 is 2.05 bits per heavy atom. The van der Waals surface area contributed by atoms with Crippen LogP contribution >= 0.6 is 11.6 Å². The second-order valence-electron chi connectivity index (χ2n) is 4.39. The van der Waals surface area contributed by atoms with Crippen LogP contribution in [0.3, 0.4) is 0 Å². The molecule has 0 bridgehead atoms. The molecule has 0 saturated carbocycles. The van der Waals surface area contributed by atoms with E-state index in [0.29, 0.717) is 5.56 Å². The first-order valence-corrected chi connectivity index (χ1v) is 7.71. The van der Waals surface area contributed by atoms with Gasteiger partial charge in [-0.25, -0.2) is 8.42 Å². The number of rotatable bonds is 6. The third kappa shape index (κ3) is 3.92. The zero-order valence-corrected chi connectivity index (χ0v) is 12.4. The molecule has 0 unspecified atom stereocenters. The van der Waals surface area contributed by atoms with E-state index in [9.17, 15) is 13.2 Å². The van der Waals surface area contributed by atoms with Crippen molar-refractivity contribution in [3.63, 3.8) is 0 Å². The van der Waals surface area contributed by atoms with Gasteiger partial charge in [-0.2, -0.15) is 4.31 Å². The van der Waals surface area contributed by atoms with Gasteiger partial charge in [0.15, 0.2) is 0 Å². The largest absolute Gasteiger partial charge is 0.369 e. The number of benzene rings is 1. The number of amides is 1. The Bertz CT molecular complexity index is 558. The van der Waals surface area contributed by atoms with Crippen molar-refractivity contribution in [3.8, 4) is 0 Å². The summed E-state index contributed by atoms with van der Waals surface area (Å²) in [6, 6.07) is 5.96. The fraction of sp³-hybridized carbons (Fsp3) is 0.417. The molecular formula is C12H17ClN2O3S. The van der Waals surface area contributed by atoms with Crippen molar-refractivity contribution in [1.29, 1.82) is 0 Å². The summed E-state index contributed by atoms with van der Waals surface area (Å²) in [5, 5.41) is 0. The molecule has 0 saturated heterocycles. The Hall–Kier alpha value is -1.11. The minimum Gasteiger partial charge on any atom is -0.369 e. The van der Waals surface area contributed by atoms with Crippen LogP contribution in [0.1, 0.15) is 19.4 Å². The van der Waals surface area contributed by atoms with E-state index >= 15 is 0 Å². The van der Waals surface area contributed by atoms with Gasteiger partial charge in [-0.1, -0.05) is 12.1 Å². The average Bonchev–Trinajstić information content (AvgIpc) is 2.35. The van der Waals surface area contributed by atoms with E-state index in [1.807, 2.05) is 0 Å². The molecule has 0 aliphatic rings. The lowest BCUT2D eigenvalue weighted by Crippen LogP contribution is -2.42. The summed E-state index contributed by atoms with van der Waals surface area (Å²) in [4.78, 5) is 11.1. The van der Waals surface area contributed by atoms with Gasteiger partial charge in [-0.05, 0) is 31.5 Å². The van der Waals surface area contributed by atoms with Crippen LogP contribution in [0.4, 0.5) is 0 Å². The molecule has 0 spiro atoms. The van der Waals surface area contributed by atoms with Gasteiger partial charge in [-0.15, -0.1) is 11.6 Å². The summed E-state index contributed by atoms with van der Waals surface area (Å²) < 4.78 is 26.0. The molecule has 106 valence electrons. The number of alkyl halides is 1. The monoisotopic (exact) mass is 304 g/mol. The van der Waals surface area contributed by atoms with E-state index in [4.69, 9.17) is 17.3 Å². The molecule has 0 atom stereocenters. The molecule has 0 heterocycles. The molecule has 19 heavy (non-hydrogen) atoms. The van der Waals surface area contributed by atoms with Crippen molar-refractivity contribution in [1.82, 2.24) is 4.31 Å². The summed E-state index contributed by atoms with van der Waals surface area (Å²) in [5.41, 5.74) is 5.80. The number of sulfonamides is 1. The van der Waals surface area contributed by atoms with E-state index in [-0.39, 0.29) is 23.4 Å². The molecule has 5 nitrogen and oxygen atoms in total. The number of carbonyl (C=O) groups excluding carboxylic acids is 1. The van der Waals surface area contributed by atoms with Crippen molar-refractivity contribution in [3.05, 3.63) is 29.8 Å². The second kappa shape index (κ2) is 6.36. The number of nitrogens with two attached hydrogens (primary N) is 1. The third-order valence-corrected chi connectivity index (χ3v) is 4.87. The van der Waals surface area contributed by atoms with Crippen LogP contribution in [-0.2, 0) is 20.7 Å². The van der Waals surface area contributed by atoms with Crippen LogP contribution in [0, 0.1) is 0 Å². The fourth-order valence-electron chi connectivity index (χ4n) is 1.62. The Kier molecular flexibility index (Phi) is 5.34. The first-order valence-electron chi connectivity index (χ1n) is 5.74. The van der Waals surface area contributed by atoms with Gasteiger partial charge in [0.1, 0.15) is 0 Å². The minimum atomic E-state index is -3.75. The zero-order valence-electron chi connectivity index (χ0n) is 10.8. The number of hydrogen-bond donors (Lipinski definition) is 1. The van der Waals surface area contributed by atoms with E-state index < -0.39 is 15.9 Å². The smallest absolute Gasteiger partial charge is 0.243 e. The number of carbonyl (C=O) groups is 1. The van der Waals surface area contributed by atoms with Gasteiger partial charge in [0.25, 0.3) is 0 Å². The molecule has 2 N–H and O–H groups in total. The van der Waals surface area contributed by atoms with Crippen LogP contribution in [0.2, 0.25) is 0 Å². The van der Waals surface area contributed by atoms with Crippen LogP contribution in [0.5, 0.6) is 0 Å². The second-order valence-corrected chi connectivity index (χ2v) is 6.55. The molecule has 0 aliphatic carbocycles. The SMILES string of the molecule is CC(C)N(CC(N)=O)S(=O)(=O)c1cccc(CCl)c1. The van der Waals surface area contributed by atoms with Gasteiger partial charge < -0.3 is 5.73 Å². The lowest BCUT2D eigenvalue weighted by Gasteiger charge is -2.24. The summed E-state index contributed by atoms with van der Waals surface area (Å²) in [7, 11) is -3.75. The predicted octanol–water partition coefficient (Wildman–Crippen LogP) is 1.31. The molecule has 1 aromatic carbocycles. The molecule has 0 aromatic heterocycles. The molecule has 1 rings (SSSR count). The van der Waals surface area contributed by atoms with Gasteiger partial charge >= 0.3 is 0 Å². The first-order chi connectivity index (χ1) is 8.78. The van der Waals surface area contributed by atoms with Crippen LogP contribution in [0.15, 0.2) is 29.2 Å². The molecule has 1 aromatic rings. The number of nitrogens with zero attached hydrogens (tertiary/aromatic N) is 1. The van der Waals surface area contributed by atoms with Crippen molar-refractivity contribution in [2.24, 2.45) is 5.73 Å². The maximum Gasteiger partial charge on any atom is 0.243 e. The van der Waals surface area contributed by atoms with Gasteiger partial charge in [0.05, 0.1) is 11.4 Å². The lowest BCUT2D eigenvalue weighted by atomic mass is 10.2. The first kappa shape index (κ1) is 15.9. The average molecular weight is 305 g/mol. The Morgan fingerprint density at radius 3 is 2.53 bits per heavy atom. The lowest BCUT2D eigenvalue weighted by molar-refractivity contribution is -0.118. The van der Waals surface area contributed by atoms with Crippen molar-refractivity contribution < 1.29 is 13.2 Å². The van der Waals surface area contributed by atoms with Crippen molar-refractivity contribution in [2.45, 2.75) is 30.7 Å². The number of halogens is 1. The maximum atomic E-state index is 12.5. The fourth-order valence-corrected chi connectivity index (χ4v) is 3.46. The van der Waals surface area contributed by atoms with E-state index in [1.54, 1.807) is 26.0 Å².